The molecule has 0 unspecified atom stereocenters. The molecule has 0 radical (unpaired) electrons. The first-order chi connectivity index (χ1) is 10.5. The van der Waals surface area contributed by atoms with Crippen LogP contribution in [0.4, 0.5) is 0 Å². The van der Waals surface area contributed by atoms with Crippen molar-refractivity contribution in [2.75, 3.05) is 0 Å². The fourth-order valence-corrected chi connectivity index (χ4v) is 5.68. The Morgan fingerprint density at radius 3 is 2.05 bits per heavy atom. The fourth-order valence-electron chi connectivity index (χ4n) is 5.68. The van der Waals surface area contributed by atoms with Crippen molar-refractivity contribution in [2.45, 2.75) is 58.4 Å². The number of amides is 1. The number of hydrogen-bond acceptors (Lipinski definition) is 1. The van der Waals surface area contributed by atoms with Gasteiger partial charge in [0.25, 0.3) is 0 Å². The lowest BCUT2D eigenvalue weighted by Gasteiger charge is -2.55. The quantitative estimate of drug-likeness (QED) is 0.881. The van der Waals surface area contributed by atoms with Crippen molar-refractivity contribution in [3.8, 4) is 0 Å². The average molecular weight is 297 g/mol. The number of benzene rings is 1. The van der Waals surface area contributed by atoms with Gasteiger partial charge in [0.15, 0.2) is 0 Å². The molecule has 1 aromatic rings. The molecule has 4 saturated carbocycles. The van der Waals surface area contributed by atoms with Crippen LogP contribution in [-0.4, -0.2) is 5.91 Å². The van der Waals surface area contributed by atoms with Crippen LogP contribution in [0.3, 0.4) is 0 Å². The topological polar surface area (TPSA) is 29.1 Å². The number of carbonyl (C=O) groups is 1. The van der Waals surface area contributed by atoms with Crippen LogP contribution in [0.2, 0.25) is 0 Å². The van der Waals surface area contributed by atoms with E-state index in [-0.39, 0.29) is 11.5 Å². The molecule has 0 spiro atoms. The van der Waals surface area contributed by atoms with Gasteiger partial charge in [-0.2, -0.15) is 0 Å². The highest BCUT2D eigenvalue weighted by atomic mass is 16.2. The highest BCUT2D eigenvalue weighted by Crippen LogP contribution is 2.60. The maximum atomic E-state index is 13.0. The summed E-state index contributed by atoms with van der Waals surface area (Å²) in [6.45, 7) is 4.21. The fraction of sp³-hybridized carbons (Fsp3) is 0.650. The Hall–Kier alpha value is -1.31. The number of nitrogens with one attached hydrogen (secondary N) is 1. The zero-order valence-corrected chi connectivity index (χ0v) is 13.8. The Labute approximate surface area is 133 Å². The molecule has 4 fully saturated rings. The second kappa shape index (κ2) is 5.11. The Kier molecular flexibility index (Phi) is 3.32. The molecule has 1 N–H and O–H groups in total. The van der Waals surface area contributed by atoms with Gasteiger partial charge in [-0.05, 0) is 75.7 Å². The van der Waals surface area contributed by atoms with Crippen LogP contribution in [0, 0.1) is 30.1 Å². The van der Waals surface area contributed by atoms with Crippen molar-refractivity contribution < 1.29 is 4.79 Å². The molecule has 4 aliphatic rings. The van der Waals surface area contributed by atoms with E-state index in [0.717, 1.165) is 37.0 Å². The number of rotatable bonds is 3. The van der Waals surface area contributed by atoms with Gasteiger partial charge in [-0.15, -0.1) is 0 Å². The summed E-state index contributed by atoms with van der Waals surface area (Å²) in [7, 11) is 0. The lowest BCUT2D eigenvalue weighted by molar-refractivity contribution is -0.147. The summed E-state index contributed by atoms with van der Waals surface area (Å²) in [6.07, 6.45) is 7.60. The Morgan fingerprint density at radius 1 is 1.05 bits per heavy atom. The predicted octanol–water partition coefficient (Wildman–Crippen LogP) is 4.39. The van der Waals surface area contributed by atoms with Gasteiger partial charge >= 0.3 is 0 Å². The summed E-state index contributed by atoms with van der Waals surface area (Å²) < 4.78 is 0. The normalized spacial score (nSPS) is 37.1. The summed E-state index contributed by atoms with van der Waals surface area (Å²) in [6, 6.07) is 8.65. The number of hydrogen-bond donors (Lipinski definition) is 1. The molecule has 118 valence electrons. The SMILES string of the molecule is Cc1ccc([C@H](C)NC(=O)C23CC4CC(CC(C4)C2)C3)cc1. The minimum Gasteiger partial charge on any atom is -0.349 e. The predicted molar refractivity (Wildman–Crippen MR) is 88.3 cm³/mol. The molecule has 0 aromatic heterocycles. The molecule has 1 amide bonds. The molecule has 4 bridgehead atoms. The zero-order valence-electron chi connectivity index (χ0n) is 13.8. The van der Waals surface area contributed by atoms with Gasteiger partial charge in [0, 0.05) is 5.41 Å². The molecule has 1 atom stereocenters. The minimum absolute atomic E-state index is 0.0340. The minimum atomic E-state index is -0.0340. The van der Waals surface area contributed by atoms with Crippen molar-refractivity contribution >= 4 is 5.91 Å². The maximum Gasteiger partial charge on any atom is 0.226 e. The van der Waals surface area contributed by atoms with Crippen molar-refractivity contribution in [3.63, 3.8) is 0 Å². The van der Waals surface area contributed by atoms with Gasteiger partial charge in [-0.25, -0.2) is 0 Å². The Balaban J connectivity index is 1.49. The van der Waals surface area contributed by atoms with Crippen LogP contribution < -0.4 is 5.32 Å². The largest absolute Gasteiger partial charge is 0.349 e. The average Bonchev–Trinajstić information content (AvgIpc) is 2.46. The first-order valence-corrected chi connectivity index (χ1v) is 8.92. The zero-order chi connectivity index (χ0) is 15.3. The molecule has 5 rings (SSSR count). The summed E-state index contributed by atoms with van der Waals surface area (Å²) in [5, 5.41) is 3.33. The van der Waals surface area contributed by atoms with Crippen molar-refractivity contribution in [1.29, 1.82) is 0 Å². The van der Waals surface area contributed by atoms with Gasteiger partial charge < -0.3 is 5.32 Å². The van der Waals surface area contributed by atoms with Crippen LogP contribution >= 0.6 is 0 Å². The highest BCUT2D eigenvalue weighted by molar-refractivity contribution is 5.83. The van der Waals surface area contributed by atoms with E-state index < -0.39 is 0 Å². The van der Waals surface area contributed by atoms with Gasteiger partial charge in [-0.1, -0.05) is 29.8 Å². The van der Waals surface area contributed by atoms with E-state index in [1.807, 2.05) is 0 Å². The summed E-state index contributed by atoms with van der Waals surface area (Å²) >= 11 is 0. The molecule has 22 heavy (non-hydrogen) atoms. The third kappa shape index (κ3) is 2.37. The van der Waals surface area contributed by atoms with Gasteiger partial charge in [-0.3, -0.25) is 4.79 Å². The van der Waals surface area contributed by atoms with Crippen molar-refractivity contribution in [3.05, 3.63) is 35.4 Å². The lowest BCUT2D eigenvalue weighted by Crippen LogP contribution is -2.53. The molecule has 2 heteroatoms. The molecule has 0 heterocycles. The van der Waals surface area contributed by atoms with Gasteiger partial charge in [0.1, 0.15) is 0 Å². The van der Waals surface area contributed by atoms with E-state index in [4.69, 9.17) is 0 Å². The third-order valence-electron chi connectivity index (χ3n) is 6.44. The van der Waals surface area contributed by atoms with E-state index in [2.05, 4.69) is 43.4 Å². The Morgan fingerprint density at radius 2 is 1.55 bits per heavy atom. The summed E-state index contributed by atoms with van der Waals surface area (Å²) in [5.74, 6) is 2.81. The van der Waals surface area contributed by atoms with Crippen LogP contribution in [0.5, 0.6) is 0 Å². The van der Waals surface area contributed by atoms with E-state index in [1.54, 1.807) is 0 Å². The number of carbonyl (C=O) groups excluding carboxylic acids is 1. The second-order valence-corrected chi connectivity index (χ2v) is 8.30. The van der Waals surface area contributed by atoms with Crippen LogP contribution in [0.25, 0.3) is 0 Å². The molecular weight excluding hydrogens is 270 g/mol. The molecule has 2 nitrogen and oxygen atoms in total. The summed E-state index contributed by atoms with van der Waals surface area (Å²) in [4.78, 5) is 13.0. The third-order valence-corrected chi connectivity index (χ3v) is 6.44. The smallest absolute Gasteiger partial charge is 0.226 e. The van der Waals surface area contributed by atoms with Gasteiger partial charge in [0.2, 0.25) is 5.91 Å². The molecule has 0 aliphatic heterocycles. The second-order valence-electron chi connectivity index (χ2n) is 8.30. The first-order valence-electron chi connectivity index (χ1n) is 8.92. The summed E-state index contributed by atoms with van der Waals surface area (Å²) in [5.41, 5.74) is 2.44. The number of aryl methyl sites for hydroxylation is 1. The first kappa shape index (κ1) is 14.3. The van der Waals surface area contributed by atoms with E-state index >= 15 is 0 Å². The molecule has 4 aliphatic carbocycles. The standard InChI is InChI=1S/C20H27NO/c1-13-3-5-18(6-4-13)14(2)21-19(22)20-10-15-7-16(11-20)9-17(8-15)12-20/h3-6,14-17H,7-12H2,1-2H3,(H,21,22)/t14-,15?,16?,17?,20?/m0/s1. The van der Waals surface area contributed by atoms with Crippen LogP contribution in [-0.2, 0) is 4.79 Å². The van der Waals surface area contributed by atoms with E-state index in [1.165, 1.54) is 30.4 Å². The molecular formula is C20H27NO. The molecule has 0 saturated heterocycles. The highest BCUT2D eigenvalue weighted by Gasteiger charge is 2.54. The maximum absolute atomic E-state index is 13.0. The van der Waals surface area contributed by atoms with Crippen molar-refractivity contribution in [1.82, 2.24) is 5.32 Å². The lowest BCUT2D eigenvalue weighted by atomic mass is 9.49. The van der Waals surface area contributed by atoms with E-state index in [0.29, 0.717) is 5.91 Å². The monoisotopic (exact) mass is 297 g/mol. The van der Waals surface area contributed by atoms with Gasteiger partial charge in [0.05, 0.1) is 6.04 Å². The molecule has 1 aromatic carbocycles. The van der Waals surface area contributed by atoms with Crippen LogP contribution in [0.15, 0.2) is 24.3 Å². The Bertz CT molecular complexity index is 539. The van der Waals surface area contributed by atoms with Crippen LogP contribution in [0.1, 0.15) is 62.6 Å². The van der Waals surface area contributed by atoms with Crippen molar-refractivity contribution in [2.24, 2.45) is 23.2 Å². The van der Waals surface area contributed by atoms with E-state index in [9.17, 15) is 4.79 Å².